The number of thiocarbonyl (C=S) groups is 1. The van der Waals surface area contributed by atoms with Crippen molar-refractivity contribution in [3.8, 4) is 0 Å². The fourth-order valence-corrected chi connectivity index (χ4v) is 4.71. The number of fused-ring (bicyclic) bond motifs is 1. The molecule has 1 aromatic carbocycles. The molecule has 4 rings (SSSR count). The highest BCUT2D eigenvalue weighted by atomic mass is 32.2. The van der Waals surface area contributed by atoms with Crippen molar-refractivity contribution in [3.05, 3.63) is 107 Å². The number of aromatic nitrogens is 2. The molecule has 4 aromatic rings. The number of carbonyl (C=O) groups excluding carboxylic acids is 1. The van der Waals surface area contributed by atoms with E-state index in [1.165, 1.54) is 22.2 Å². The van der Waals surface area contributed by atoms with Gasteiger partial charge in [0.1, 0.15) is 9.88 Å². The summed E-state index contributed by atoms with van der Waals surface area (Å²) in [5, 5.41) is 25.5. The third-order valence-corrected chi connectivity index (χ3v) is 7.03. The van der Waals surface area contributed by atoms with Crippen molar-refractivity contribution in [3.63, 3.8) is 0 Å². The quantitative estimate of drug-likeness (QED) is 0.117. The molecule has 1 amide bonds. The van der Waals surface area contributed by atoms with E-state index >= 15 is 0 Å². The summed E-state index contributed by atoms with van der Waals surface area (Å²) in [5.74, 6) is -3.72. The lowest BCUT2D eigenvalue weighted by atomic mass is 10.0. The van der Waals surface area contributed by atoms with Gasteiger partial charge < -0.3 is 26.2 Å². The summed E-state index contributed by atoms with van der Waals surface area (Å²) < 4.78 is 33.8. The van der Waals surface area contributed by atoms with Gasteiger partial charge in [0.2, 0.25) is 0 Å². The fraction of sp³-hybridized carbons (Fsp3) is 0.172. The van der Waals surface area contributed by atoms with Crippen molar-refractivity contribution < 1.29 is 37.8 Å². The Morgan fingerprint density at radius 2 is 1.71 bits per heavy atom. The molecule has 5 N–H and O–H groups in total. The van der Waals surface area contributed by atoms with Crippen LogP contribution in [0.25, 0.3) is 5.52 Å². The molecule has 3 heterocycles. The fourth-order valence-electron chi connectivity index (χ4n) is 3.76. The number of benzene rings is 1. The minimum atomic E-state index is -5.08. The van der Waals surface area contributed by atoms with Crippen LogP contribution < -0.4 is 21.5 Å². The molecule has 0 saturated heterocycles. The van der Waals surface area contributed by atoms with Crippen molar-refractivity contribution in [2.24, 2.45) is 0 Å². The third kappa shape index (κ3) is 10.9. The minimum Gasteiger partial charge on any atom is -0.481 e. The highest BCUT2D eigenvalue weighted by Gasteiger charge is 2.38. The third-order valence-electron chi connectivity index (χ3n) is 5.80. The Balaban J connectivity index is 0.000000707. The van der Waals surface area contributed by atoms with Gasteiger partial charge >= 0.3 is 18.1 Å². The van der Waals surface area contributed by atoms with Gasteiger partial charge in [0.25, 0.3) is 11.5 Å². The summed E-state index contributed by atoms with van der Waals surface area (Å²) >= 11 is 6.85. The van der Waals surface area contributed by atoms with E-state index in [1.807, 2.05) is 18.2 Å². The summed E-state index contributed by atoms with van der Waals surface area (Å²) in [6.07, 6.45) is -0.385. The van der Waals surface area contributed by atoms with Crippen LogP contribution in [0, 0.1) is 0 Å². The molecule has 0 radical (unpaired) electrons. The molecule has 16 heteroatoms. The first-order valence-electron chi connectivity index (χ1n) is 13.0. The largest absolute Gasteiger partial charge is 0.490 e. The number of halogens is 3. The number of anilines is 2. The molecule has 0 bridgehead atoms. The number of hydrogen-bond donors (Lipinski definition) is 5. The van der Waals surface area contributed by atoms with Gasteiger partial charge in [0.05, 0.1) is 29.9 Å². The molecule has 0 aliphatic carbocycles. The van der Waals surface area contributed by atoms with Crippen LogP contribution in [0.1, 0.15) is 28.4 Å². The molecule has 0 saturated carbocycles. The average Bonchev–Trinajstić information content (AvgIpc) is 2.99. The highest BCUT2D eigenvalue weighted by molar-refractivity contribution is 8.23. The van der Waals surface area contributed by atoms with Gasteiger partial charge in [-0.25, -0.2) is 4.79 Å². The Hall–Kier alpha value is -4.96. The van der Waals surface area contributed by atoms with Gasteiger partial charge in [0, 0.05) is 30.4 Å². The average molecular weight is 662 g/mol. The number of rotatable bonds is 10. The van der Waals surface area contributed by atoms with E-state index in [0.717, 1.165) is 17.1 Å². The van der Waals surface area contributed by atoms with Crippen LogP contribution in [-0.4, -0.2) is 60.2 Å². The van der Waals surface area contributed by atoms with Gasteiger partial charge in [-0.15, -0.1) is 0 Å². The van der Waals surface area contributed by atoms with Gasteiger partial charge in [0.15, 0.2) is 0 Å². The standard InChI is InChI=1S/C27H25N5O4S2.C2HF3O2/c33-24(34)16-23(18-5-2-1-3-6-18)31-25(35)22-9-8-21-15-19(10-13-32(21)26(22)36)29-12-14-38-27(37)30-20-7-4-11-28-17-20;3-2(4,5)1(6)7/h1-11,13,15,17,23,29H,12,14,16H2,(H,30,37)(H,31,35)(H,33,34);(H,6,7). The number of nitrogens with zero attached hydrogens (tertiary/aromatic N) is 2. The lowest BCUT2D eigenvalue weighted by Gasteiger charge is -2.17. The van der Waals surface area contributed by atoms with Crippen LogP contribution in [0.4, 0.5) is 24.5 Å². The number of carbonyl (C=O) groups is 3. The van der Waals surface area contributed by atoms with E-state index in [4.69, 9.17) is 22.1 Å². The molecule has 0 spiro atoms. The number of alkyl halides is 3. The predicted molar refractivity (Wildman–Crippen MR) is 168 cm³/mol. The lowest BCUT2D eigenvalue weighted by Crippen LogP contribution is -2.34. The Labute approximate surface area is 263 Å². The SMILES string of the molecule is O=C(O)C(F)(F)F.O=C(O)CC(NC(=O)c1ccc2cc(NCCSC(=S)Nc3cccnc3)ccn2c1=O)c1ccccc1. The molecule has 11 nitrogen and oxygen atoms in total. The molecule has 3 aromatic heterocycles. The highest BCUT2D eigenvalue weighted by Crippen LogP contribution is 2.18. The zero-order chi connectivity index (χ0) is 33.0. The molecule has 45 heavy (non-hydrogen) atoms. The number of nitrogens with one attached hydrogen (secondary N) is 3. The maximum atomic E-state index is 13.0. The zero-order valence-corrected chi connectivity index (χ0v) is 24.8. The monoisotopic (exact) mass is 661 g/mol. The second-order valence-electron chi connectivity index (χ2n) is 9.03. The first-order valence-corrected chi connectivity index (χ1v) is 14.4. The number of carboxylic acids is 2. The predicted octanol–water partition coefficient (Wildman–Crippen LogP) is 4.82. The molecule has 1 atom stereocenters. The van der Waals surface area contributed by atoms with Gasteiger partial charge in [-0.2, -0.15) is 13.2 Å². The number of amides is 1. The van der Waals surface area contributed by atoms with Crippen molar-refractivity contribution >= 4 is 63.0 Å². The van der Waals surface area contributed by atoms with Gasteiger partial charge in [-0.1, -0.05) is 54.3 Å². The number of carboxylic acid groups (broad SMARTS) is 2. The maximum absolute atomic E-state index is 13.0. The first kappa shape index (κ1) is 34.5. The summed E-state index contributed by atoms with van der Waals surface area (Å²) in [4.78, 5) is 50.3. The van der Waals surface area contributed by atoms with E-state index in [0.29, 0.717) is 21.9 Å². The Morgan fingerprint density at radius 3 is 2.33 bits per heavy atom. The molecule has 0 fully saturated rings. The minimum absolute atomic E-state index is 0.0689. The van der Waals surface area contributed by atoms with E-state index in [9.17, 15) is 32.7 Å². The maximum Gasteiger partial charge on any atom is 0.490 e. The van der Waals surface area contributed by atoms with E-state index in [-0.39, 0.29) is 12.0 Å². The summed E-state index contributed by atoms with van der Waals surface area (Å²) in [5.41, 5.74) is 2.36. The Bertz CT molecular complexity index is 1710. The summed E-state index contributed by atoms with van der Waals surface area (Å²) in [6.45, 7) is 0.644. The Kier molecular flexibility index (Phi) is 12.4. The van der Waals surface area contributed by atoms with Crippen LogP contribution in [0.3, 0.4) is 0 Å². The van der Waals surface area contributed by atoms with E-state index < -0.39 is 35.6 Å². The molecule has 236 valence electrons. The van der Waals surface area contributed by atoms with Crippen LogP contribution in [-0.2, 0) is 9.59 Å². The Morgan fingerprint density at radius 1 is 1.00 bits per heavy atom. The van der Waals surface area contributed by atoms with Gasteiger partial charge in [-0.3, -0.25) is 23.8 Å². The summed E-state index contributed by atoms with van der Waals surface area (Å²) in [7, 11) is 0. The lowest BCUT2D eigenvalue weighted by molar-refractivity contribution is -0.192. The van der Waals surface area contributed by atoms with Crippen LogP contribution in [0.5, 0.6) is 0 Å². The second kappa shape index (κ2) is 16.2. The van der Waals surface area contributed by atoms with Crippen molar-refractivity contribution in [1.29, 1.82) is 0 Å². The van der Waals surface area contributed by atoms with E-state index in [2.05, 4.69) is 20.9 Å². The first-order chi connectivity index (χ1) is 21.3. The molecule has 0 aliphatic rings. The number of pyridine rings is 3. The molecular weight excluding hydrogens is 635 g/mol. The van der Waals surface area contributed by atoms with Crippen LogP contribution in [0.15, 0.2) is 90.1 Å². The van der Waals surface area contributed by atoms with Crippen molar-refractivity contribution in [2.45, 2.75) is 18.6 Å². The van der Waals surface area contributed by atoms with Crippen molar-refractivity contribution in [1.82, 2.24) is 14.7 Å². The smallest absolute Gasteiger partial charge is 0.481 e. The van der Waals surface area contributed by atoms with Crippen LogP contribution in [0.2, 0.25) is 0 Å². The van der Waals surface area contributed by atoms with Crippen molar-refractivity contribution in [2.75, 3.05) is 22.9 Å². The molecule has 1 unspecified atom stereocenters. The number of aliphatic carboxylic acids is 2. The normalized spacial score (nSPS) is 11.4. The number of thioether (sulfide) groups is 1. The number of hydrogen-bond acceptors (Lipinski definition) is 8. The molecular formula is C29H26F3N5O6S2. The van der Waals surface area contributed by atoms with Crippen LogP contribution >= 0.6 is 24.0 Å². The van der Waals surface area contributed by atoms with E-state index in [1.54, 1.807) is 61.1 Å². The topological polar surface area (TPSA) is 162 Å². The molecule has 0 aliphatic heterocycles. The second-order valence-corrected chi connectivity index (χ2v) is 10.8. The van der Waals surface area contributed by atoms with Gasteiger partial charge in [-0.05, 0) is 42.0 Å². The zero-order valence-electron chi connectivity index (χ0n) is 23.2. The summed E-state index contributed by atoms with van der Waals surface area (Å²) in [6, 6.07) is 18.5.